The molecule has 0 saturated heterocycles. The van der Waals surface area contributed by atoms with Crippen molar-refractivity contribution in [2.24, 2.45) is 0 Å². The van der Waals surface area contributed by atoms with Crippen molar-refractivity contribution in [1.82, 2.24) is 0 Å². The number of rotatable bonds is 1. The van der Waals surface area contributed by atoms with E-state index in [2.05, 4.69) is 0 Å². The van der Waals surface area contributed by atoms with Crippen molar-refractivity contribution in [2.45, 2.75) is 0 Å². The molecule has 0 unspecified atom stereocenters. The minimum atomic E-state index is -1.25. The first kappa shape index (κ1) is 13.5. The van der Waals surface area contributed by atoms with E-state index in [0.29, 0.717) is 16.2 Å². The van der Waals surface area contributed by atoms with Gasteiger partial charge in [0.15, 0.2) is 0 Å². The SMILES string of the molecule is O=C=c1c(=C=O)c2cccc3ccc(C(=O)O)c(c1=C=O)c32. The van der Waals surface area contributed by atoms with Crippen LogP contribution in [0.2, 0.25) is 0 Å². The number of benzene rings is 3. The average molecular weight is 290 g/mol. The van der Waals surface area contributed by atoms with Crippen LogP contribution in [0.1, 0.15) is 10.4 Å². The number of carbonyl (C=O) groups excluding carboxylic acids is 3. The van der Waals surface area contributed by atoms with Gasteiger partial charge in [0.05, 0.1) is 21.2 Å². The molecule has 104 valence electrons. The lowest BCUT2D eigenvalue weighted by Crippen LogP contribution is -2.43. The average Bonchev–Trinajstić information content (AvgIpc) is 2.54. The summed E-state index contributed by atoms with van der Waals surface area (Å²) in [5.41, 5.74) is -0.143. The predicted octanol–water partition coefficient (Wildman–Crippen LogP) is -1.08. The molecule has 0 amide bonds. The molecular weight excluding hydrogens is 284 g/mol. The standard InChI is InChI=1S/C17H6O5/c18-6-12-10-3-1-2-9-4-5-11(17(21)22)16(15(9)10)14(8-20)13(12)7-19/h1-5H,(H,21,22). The van der Waals surface area contributed by atoms with Crippen LogP contribution in [0.15, 0.2) is 30.3 Å². The van der Waals surface area contributed by atoms with Crippen molar-refractivity contribution in [1.29, 1.82) is 0 Å². The quantitative estimate of drug-likeness (QED) is 0.616. The van der Waals surface area contributed by atoms with Crippen molar-refractivity contribution in [3.8, 4) is 0 Å². The smallest absolute Gasteiger partial charge is 0.336 e. The number of carboxylic acids is 1. The summed E-state index contributed by atoms with van der Waals surface area (Å²) < 4.78 is 0. The molecule has 22 heavy (non-hydrogen) atoms. The normalized spacial score (nSPS) is 10.2. The molecule has 0 heterocycles. The Bertz CT molecular complexity index is 1210. The maximum absolute atomic E-state index is 11.4. The van der Waals surface area contributed by atoms with Crippen LogP contribution >= 0.6 is 0 Å². The van der Waals surface area contributed by atoms with Crippen molar-refractivity contribution >= 4 is 45.3 Å². The molecule has 0 aliphatic carbocycles. The highest BCUT2D eigenvalue weighted by Crippen LogP contribution is 2.24. The zero-order valence-electron chi connectivity index (χ0n) is 11.0. The van der Waals surface area contributed by atoms with E-state index in [4.69, 9.17) is 0 Å². The van der Waals surface area contributed by atoms with Gasteiger partial charge in [-0.05, 0) is 16.8 Å². The fourth-order valence-electron chi connectivity index (χ4n) is 2.72. The Hall–Kier alpha value is -3.48. The first-order chi connectivity index (χ1) is 10.6. The van der Waals surface area contributed by atoms with Gasteiger partial charge in [-0.1, -0.05) is 24.3 Å². The zero-order chi connectivity index (χ0) is 15.9. The Labute approximate surface area is 122 Å². The highest BCUT2D eigenvalue weighted by atomic mass is 16.4. The lowest BCUT2D eigenvalue weighted by Gasteiger charge is -2.08. The number of carbonyl (C=O) groups is 1. The fraction of sp³-hybridized carbons (Fsp3) is 0. The number of aromatic carboxylic acids is 1. The Balaban J connectivity index is 3.02. The van der Waals surface area contributed by atoms with Gasteiger partial charge in [-0.2, -0.15) is 0 Å². The Kier molecular flexibility index (Phi) is 2.95. The van der Waals surface area contributed by atoms with Gasteiger partial charge >= 0.3 is 5.97 Å². The highest BCUT2D eigenvalue weighted by molar-refractivity contribution is 6.17. The Morgan fingerprint density at radius 2 is 1.50 bits per heavy atom. The summed E-state index contributed by atoms with van der Waals surface area (Å²) >= 11 is 0. The van der Waals surface area contributed by atoms with Crippen LogP contribution in [0.4, 0.5) is 0 Å². The fourth-order valence-corrected chi connectivity index (χ4v) is 2.72. The van der Waals surface area contributed by atoms with E-state index < -0.39 is 5.97 Å². The van der Waals surface area contributed by atoms with Crippen LogP contribution in [0.3, 0.4) is 0 Å². The molecule has 0 aliphatic rings. The van der Waals surface area contributed by atoms with Crippen LogP contribution in [0.5, 0.6) is 0 Å². The summed E-state index contributed by atoms with van der Waals surface area (Å²) in [5, 5.41) is 10.1. The monoisotopic (exact) mass is 290 g/mol. The van der Waals surface area contributed by atoms with Crippen molar-refractivity contribution < 1.29 is 24.3 Å². The number of hydrogen-bond donors (Lipinski definition) is 1. The molecular formula is C17H6O5. The van der Waals surface area contributed by atoms with Gasteiger partial charge in [0, 0.05) is 10.8 Å². The molecule has 0 aromatic heterocycles. The van der Waals surface area contributed by atoms with Gasteiger partial charge in [0.25, 0.3) is 0 Å². The maximum Gasteiger partial charge on any atom is 0.336 e. The van der Waals surface area contributed by atoms with Gasteiger partial charge < -0.3 is 5.11 Å². The van der Waals surface area contributed by atoms with E-state index in [9.17, 15) is 24.3 Å². The van der Waals surface area contributed by atoms with E-state index in [1.54, 1.807) is 36.1 Å². The van der Waals surface area contributed by atoms with E-state index in [1.165, 1.54) is 12.0 Å². The molecule has 3 aromatic carbocycles. The summed E-state index contributed by atoms with van der Waals surface area (Å²) in [6.45, 7) is 0. The molecule has 5 nitrogen and oxygen atoms in total. The lowest BCUT2D eigenvalue weighted by molar-refractivity contribution is 0.0699. The molecule has 0 aliphatic heterocycles. The molecule has 0 bridgehead atoms. The molecule has 0 fully saturated rings. The first-order valence-corrected chi connectivity index (χ1v) is 6.19. The van der Waals surface area contributed by atoms with Crippen molar-refractivity contribution in [3.05, 3.63) is 51.6 Å². The molecule has 0 radical (unpaired) electrons. The summed E-state index contributed by atoms with van der Waals surface area (Å²) in [7, 11) is 0. The summed E-state index contributed by atoms with van der Waals surface area (Å²) in [6, 6.07) is 7.87. The second-order valence-corrected chi connectivity index (χ2v) is 4.63. The third-order valence-corrected chi connectivity index (χ3v) is 3.60. The molecule has 3 aromatic rings. The van der Waals surface area contributed by atoms with E-state index in [-0.39, 0.29) is 26.6 Å². The molecule has 5 heteroatoms. The van der Waals surface area contributed by atoms with Gasteiger partial charge in [0.2, 0.25) is 0 Å². The van der Waals surface area contributed by atoms with Crippen LogP contribution in [-0.4, -0.2) is 28.9 Å². The van der Waals surface area contributed by atoms with Crippen molar-refractivity contribution in [3.63, 3.8) is 0 Å². The molecule has 1 N–H and O–H groups in total. The van der Waals surface area contributed by atoms with Gasteiger partial charge in [-0.25, -0.2) is 19.2 Å². The number of hydrogen-bond acceptors (Lipinski definition) is 4. The third kappa shape index (κ3) is 1.62. The zero-order valence-corrected chi connectivity index (χ0v) is 11.0. The molecule has 0 atom stereocenters. The predicted molar refractivity (Wildman–Crippen MR) is 77.3 cm³/mol. The van der Waals surface area contributed by atoms with Gasteiger partial charge in [0.1, 0.15) is 17.8 Å². The topological polar surface area (TPSA) is 88.5 Å². The summed E-state index contributed by atoms with van der Waals surface area (Å²) in [6.07, 6.45) is 0. The van der Waals surface area contributed by atoms with Crippen LogP contribution in [-0.2, 0) is 14.4 Å². The third-order valence-electron chi connectivity index (χ3n) is 3.60. The van der Waals surface area contributed by atoms with E-state index in [1.807, 2.05) is 0 Å². The van der Waals surface area contributed by atoms with Crippen LogP contribution < -0.4 is 15.7 Å². The van der Waals surface area contributed by atoms with Crippen LogP contribution in [0, 0.1) is 0 Å². The first-order valence-electron chi connectivity index (χ1n) is 6.19. The second kappa shape index (κ2) is 4.81. The largest absolute Gasteiger partial charge is 0.478 e. The second-order valence-electron chi connectivity index (χ2n) is 4.63. The summed E-state index contributed by atoms with van der Waals surface area (Å²) in [5.74, 6) is 3.49. The lowest BCUT2D eigenvalue weighted by atomic mass is 9.93. The Morgan fingerprint density at radius 1 is 0.818 bits per heavy atom. The van der Waals surface area contributed by atoms with Gasteiger partial charge in [-0.15, -0.1) is 0 Å². The molecule has 0 spiro atoms. The van der Waals surface area contributed by atoms with Crippen molar-refractivity contribution in [2.75, 3.05) is 0 Å². The van der Waals surface area contributed by atoms with Crippen LogP contribution in [0.25, 0.3) is 21.5 Å². The maximum atomic E-state index is 11.4. The van der Waals surface area contributed by atoms with E-state index >= 15 is 0 Å². The Morgan fingerprint density at radius 3 is 2.09 bits per heavy atom. The van der Waals surface area contributed by atoms with Gasteiger partial charge in [-0.3, -0.25) is 0 Å². The minimum Gasteiger partial charge on any atom is -0.478 e. The number of carboxylic acid groups (broad SMARTS) is 1. The van der Waals surface area contributed by atoms with E-state index in [0.717, 1.165) is 0 Å². The summed E-state index contributed by atoms with van der Waals surface area (Å²) in [4.78, 5) is 45.2. The minimum absolute atomic E-state index is 0.0768. The molecule has 0 saturated carbocycles. The highest BCUT2D eigenvalue weighted by Gasteiger charge is 2.16. The molecule has 3 rings (SSSR count).